The molecule has 0 radical (unpaired) electrons. The number of carbonyl (C=O) groups excluding carboxylic acids is 1. The summed E-state index contributed by atoms with van der Waals surface area (Å²) in [5, 5.41) is 0. The van der Waals surface area contributed by atoms with E-state index in [2.05, 4.69) is 15.9 Å². The first-order valence-corrected chi connectivity index (χ1v) is 6.02. The van der Waals surface area contributed by atoms with Gasteiger partial charge in [-0.15, -0.1) is 0 Å². The number of ether oxygens (including phenoxy) is 1. The first kappa shape index (κ1) is 13.2. The summed E-state index contributed by atoms with van der Waals surface area (Å²) < 4.78 is 19.2. The van der Waals surface area contributed by atoms with Gasteiger partial charge in [-0.25, -0.2) is 4.39 Å². The molecule has 0 aliphatic rings. The van der Waals surface area contributed by atoms with Crippen molar-refractivity contribution >= 4 is 21.7 Å². The lowest BCUT2D eigenvalue weighted by Gasteiger charge is -2.06. The molecule has 16 heavy (non-hydrogen) atoms. The maximum Gasteiger partial charge on any atom is 0.166 e. The molecule has 4 heteroatoms. The van der Waals surface area contributed by atoms with Gasteiger partial charge >= 0.3 is 0 Å². The van der Waals surface area contributed by atoms with E-state index in [9.17, 15) is 9.18 Å². The topological polar surface area (TPSA) is 26.3 Å². The molecule has 0 saturated carbocycles. The standard InChI is InChI=1S/C12H14BrFO2/c1-2-10(15)4-3-7-16-12-6-5-9(13)8-11(12)14/h5-6,8H,2-4,7H2,1H3. The maximum atomic E-state index is 13.3. The van der Waals surface area contributed by atoms with Crippen LogP contribution in [-0.2, 0) is 4.79 Å². The van der Waals surface area contributed by atoms with Crippen molar-refractivity contribution in [2.24, 2.45) is 0 Å². The molecule has 0 aromatic heterocycles. The van der Waals surface area contributed by atoms with E-state index in [-0.39, 0.29) is 11.5 Å². The van der Waals surface area contributed by atoms with Crippen LogP contribution in [0.15, 0.2) is 22.7 Å². The summed E-state index contributed by atoms with van der Waals surface area (Å²) in [5.74, 6) is 0.0446. The van der Waals surface area contributed by atoms with E-state index in [4.69, 9.17) is 4.74 Å². The van der Waals surface area contributed by atoms with Crippen LogP contribution in [0.3, 0.4) is 0 Å². The first-order valence-electron chi connectivity index (χ1n) is 5.23. The zero-order valence-corrected chi connectivity index (χ0v) is 10.7. The van der Waals surface area contributed by atoms with Gasteiger partial charge in [-0.05, 0) is 24.6 Å². The normalized spacial score (nSPS) is 10.2. The van der Waals surface area contributed by atoms with Crippen molar-refractivity contribution in [3.05, 3.63) is 28.5 Å². The fourth-order valence-electron chi connectivity index (χ4n) is 1.22. The average Bonchev–Trinajstić information content (AvgIpc) is 2.26. The zero-order chi connectivity index (χ0) is 12.0. The molecule has 1 aromatic carbocycles. The van der Waals surface area contributed by atoms with Crippen LogP contribution in [0.1, 0.15) is 26.2 Å². The molecule has 2 nitrogen and oxygen atoms in total. The van der Waals surface area contributed by atoms with E-state index in [0.29, 0.717) is 30.3 Å². The highest BCUT2D eigenvalue weighted by molar-refractivity contribution is 9.10. The summed E-state index contributed by atoms with van der Waals surface area (Å²) in [6.45, 7) is 2.20. The molecular formula is C12H14BrFO2. The lowest BCUT2D eigenvalue weighted by atomic mass is 10.2. The Morgan fingerprint density at radius 2 is 2.25 bits per heavy atom. The lowest BCUT2D eigenvalue weighted by molar-refractivity contribution is -0.118. The minimum absolute atomic E-state index is 0.208. The van der Waals surface area contributed by atoms with Gasteiger partial charge in [0.2, 0.25) is 0 Å². The minimum atomic E-state index is -0.392. The average molecular weight is 289 g/mol. The number of carbonyl (C=O) groups is 1. The van der Waals surface area contributed by atoms with Crippen molar-refractivity contribution in [2.45, 2.75) is 26.2 Å². The Kier molecular flexibility index (Phi) is 5.46. The Morgan fingerprint density at radius 3 is 2.88 bits per heavy atom. The molecule has 0 fully saturated rings. The van der Waals surface area contributed by atoms with Gasteiger partial charge in [-0.2, -0.15) is 0 Å². The van der Waals surface area contributed by atoms with E-state index in [1.807, 2.05) is 6.92 Å². The second-order valence-electron chi connectivity index (χ2n) is 3.42. The molecular weight excluding hydrogens is 275 g/mol. The van der Waals surface area contributed by atoms with Gasteiger partial charge in [0, 0.05) is 17.3 Å². The molecule has 0 heterocycles. The number of Topliss-reactive ketones (excluding diaryl/α,β-unsaturated/α-hetero) is 1. The second-order valence-corrected chi connectivity index (χ2v) is 4.33. The molecule has 0 unspecified atom stereocenters. The van der Waals surface area contributed by atoms with Crippen LogP contribution >= 0.6 is 15.9 Å². The van der Waals surface area contributed by atoms with Crippen molar-refractivity contribution in [2.75, 3.05) is 6.61 Å². The molecule has 0 bridgehead atoms. The van der Waals surface area contributed by atoms with Crippen LogP contribution in [0.5, 0.6) is 5.75 Å². The van der Waals surface area contributed by atoms with Crippen LogP contribution in [-0.4, -0.2) is 12.4 Å². The van der Waals surface area contributed by atoms with Crippen molar-refractivity contribution < 1.29 is 13.9 Å². The molecule has 88 valence electrons. The molecule has 0 spiro atoms. The highest BCUT2D eigenvalue weighted by atomic mass is 79.9. The Hall–Kier alpha value is -0.900. The molecule has 1 rings (SSSR count). The van der Waals surface area contributed by atoms with E-state index in [0.717, 1.165) is 0 Å². The van der Waals surface area contributed by atoms with Gasteiger partial charge < -0.3 is 4.74 Å². The summed E-state index contributed by atoms with van der Waals surface area (Å²) in [7, 11) is 0. The summed E-state index contributed by atoms with van der Waals surface area (Å²) >= 11 is 3.17. The smallest absolute Gasteiger partial charge is 0.166 e. The van der Waals surface area contributed by atoms with Gasteiger partial charge in [-0.1, -0.05) is 22.9 Å². The third-order valence-corrected chi connectivity index (χ3v) is 2.64. The van der Waals surface area contributed by atoms with Crippen molar-refractivity contribution in [1.82, 2.24) is 0 Å². The summed E-state index contributed by atoms with van der Waals surface area (Å²) in [4.78, 5) is 11.0. The van der Waals surface area contributed by atoms with Crippen LogP contribution < -0.4 is 4.74 Å². The number of rotatable bonds is 6. The quantitative estimate of drug-likeness (QED) is 0.746. The first-order chi connectivity index (χ1) is 7.63. The highest BCUT2D eigenvalue weighted by Crippen LogP contribution is 2.21. The molecule has 0 saturated heterocycles. The van der Waals surface area contributed by atoms with E-state index in [1.165, 1.54) is 6.07 Å². The SMILES string of the molecule is CCC(=O)CCCOc1ccc(Br)cc1F. The minimum Gasteiger partial charge on any atom is -0.491 e. The predicted octanol–water partition coefficient (Wildman–Crippen LogP) is 3.73. The molecule has 0 atom stereocenters. The monoisotopic (exact) mass is 288 g/mol. The molecule has 0 amide bonds. The summed E-state index contributed by atoms with van der Waals surface area (Å²) in [6.07, 6.45) is 1.67. The van der Waals surface area contributed by atoms with Crippen LogP contribution in [0.25, 0.3) is 0 Å². The Labute approximate surface area is 103 Å². The number of hydrogen-bond acceptors (Lipinski definition) is 2. The van der Waals surface area contributed by atoms with Gasteiger partial charge in [0.1, 0.15) is 5.78 Å². The van der Waals surface area contributed by atoms with Gasteiger partial charge in [0.15, 0.2) is 11.6 Å². The van der Waals surface area contributed by atoms with Crippen LogP contribution in [0.2, 0.25) is 0 Å². The van der Waals surface area contributed by atoms with Crippen LogP contribution in [0.4, 0.5) is 4.39 Å². The Morgan fingerprint density at radius 1 is 1.50 bits per heavy atom. The fraction of sp³-hybridized carbons (Fsp3) is 0.417. The van der Waals surface area contributed by atoms with E-state index in [1.54, 1.807) is 12.1 Å². The van der Waals surface area contributed by atoms with E-state index < -0.39 is 5.82 Å². The molecule has 1 aromatic rings. The van der Waals surface area contributed by atoms with E-state index >= 15 is 0 Å². The number of hydrogen-bond donors (Lipinski definition) is 0. The number of ketones is 1. The highest BCUT2D eigenvalue weighted by Gasteiger charge is 2.04. The lowest BCUT2D eigenvalue weighted by Crippen LogP contribution is -2.03. The third-order valence-electron chi connectivity index (χ3n) is 2.15. The van der Waals surface area contributed by atoms with Crippen molar-refractivity contribution in [3.8, 4) is 5.75 Å². The molecule has 0 aliphatic carbocycles. The van der Waals surface area contributed by atoms with Gasteiger partial charge in [0.05, 0.1) is 6.61 Å². The maximum absolute atomic E-state index is 13.3. The Bertz CT molecular complexity index is 366. The predicted molar refractivity (Wildman–Crippen MR) is 64.1 cm³/mol. The van der Waals surface area contributed by atoms with Crippen LogP contribution in [0, 0.1) is 5.82 Å². The summed E-state index contributed by atoms with van der Waals surface area (Å²) in [5.41, 5.74) is 0. The van der Waals surface area contributed by atoms with Crippen molar-refractivity contribution in [3.63, 3.8) is 0 Å². The molecule has 0 aliphatic heterocycles. The fourth-order valence-corrected chi connectivity index (χ4v) is 1.55. The number of halogens is 2. The zero-order valence-electron chi connectivity index (χ0n) is 9.13. The van der Waals surface area contributed by atoms with Gasteiger partial charge in [-0.3, -0.25) is 4.79 Å². The van der Waals surface area contributed by atoms with Gasteiger partial charge in [0.25, 0.3) is 0 Å². The molecule has 0 N–H and O–H groups in total. The van der Waals surface area contributed by atoms with Crippen molar-refractivity contribution in [1.29, 1.82) is 0 Å². The third kappa shape index (κ3) is 4.31. The summed E-state index contributed by atoms with van der Waals surface area (Å²) in [6, 6.07) is 4.64. The Balaban J connectivity index is 2.35. The second kappa shape index (κ2) is 6.63. The number of benzene rings is 1. The largest absolute Gasteiger partial charge is 0.491 e.